The summed E-state index contributed by atoms with van der Waals surface area (Å²) in [5, 5.41) is 5.17. The number of carbonyl (C=O) groups excluding carboxylic acids is 2. The number of ether oxygens (including phenoxy) is 2. The Labute approximate surface area is 220 Å². The van der Waals surface area contributed by atoms with Crippen LogP contribution in [0.3, 0.4) is 0 Å². The first-order chi connectivity index (χ1) is 17.5. The summed E-state index contributed by atoms with van der Waals surface area (Å²) >= 11 is 0. The predicted octanol–water partition coefficient (Wildman–Crippen LogP) is 2.90. The molecule has 37 heavy (non-hydrogen) atoms. The van der Waals surface area contributed by atoms with Gasteiger partial charge in [0.1, 0.15) is 17.6 Å². The maximum atomic E-state index is 13.0. The minimum Gasteiger partial charge on any atom is -0.456 e. The molecule has 0 bridgehead atoms. The van der Waals surface area contributed by atoms with Gasteiger partial charge in [-0.2, -0.15) is 0 Å². The van der Waals surface area contributed by atoms with Gasteiger partial charge in [0.25, 0.3) is 0 Å². The van der Waals surface area contributed by atoms with E-state index in [4.69, 9.17) is 13.9 Å². The van der Waals surface area contributed by atoms with E-state index in [2.05, 4.69) is 16.3 Å². The fourth-order valence-corrected chi connectivity index (χ4v) is 5.54. The number of methoxy groups -OCH3 is 1. The summed E-state index contributed by atoms with van der Waals surface area (Å²) in [6.45, 7) is 2.01. The lowest BCUT2D eigenvalue weighted by atomic mass is 10.0. The molecule has 1 saturated heterocycles. The number of carbonyl (C=O) groups is 2. The minimum absolute atomic E-state index is 0. The van der Waals surface area contributed by atoms with E-state index in [1.165, 1.54) is 0 Å². The van der Waals surface area contributed by atoms with Crippen LogP contribution < -0.4 is 20.9 Å². The van der Waals surface area contributed by atoms with Crippen LogP contribution >= 0.6 is 12.4 Å². The SMILES string of the molecule is COC1(NC(=O)CN2CCC(N3C(=O)OCc4ccccc43)CC2)C=c2oc3ccccc3c2=CC1.Cl. The summed E-state index contributed by atoms with van der Waals surface area (Å²) in [6, 6.07) is 15.8. The molecule has 2 amide bonds. The number of hydrogen-bond donors (Lipinski definition) is 1. The molecule has 8 nitrogen and oxygen atoms in total. The normalized spacial score (nSPS) is 21.6. The molecule has 1 unspecified atom stereocenters. The number of para-hydroxylation sites is 2. The first-order valence-electron chi connectivity index (χ1n) is 12.4. The van der Waals surface area contributed by atoms with Gasteiger partial charge in [-0.1, -0.05) is 42.5 Å². The number of likely N-dealkylation sites (tertiary alicyclic amines) is 1. The van der Waals surface area contributed by atoms with E-state index in [9.17, 15) is 9.59 Å². The second-order valence-electron chi connectivity index (χ2n) is 9.63. The van der Waals surface area contributed by atoms with Gasteiger partial charge < -0.3 is 19.2 Å². The first kappa shape index (κ1) is 25.3. The van der Waals surface area contributed by atoms with Crippen molar-refractivity contribution in [2.75, 3.05) is 31.6 Å². The molecule has 1 aromatic heterocycles. The van der Waals surface area contributed by atoms with Gasteiger partial charge in [0, 0.05) is 54.9 Å². The minimum atomic E-state index is -0.947. The third-order valence-corrected chi connectivity index (χ3v) is 7.44. The topological polar surface area (TPSA) is 84.2 Å². The third kappa shape index (κ3) is 4.72. The number of furan rings is 1. The van der Waals surface area contributed by atoms with Crippen LogP contribution in [0.25, 0.3) is 23.1 Å². The third-order valence-electron chi connectivity index (χ3n) is 7.44. The van der Waals surface area contributed by atoms with Crippen LogP contribution in [0, 0.1) is 0 Å². The predicted molar refractivity (Wildman–Crippen MR) is 143 cm³/mol. The van der Waals surface area contributed by atoms with Gasteiger partial charge in [-0.25, -0.2) is 4.79 Å². The standard InChI is InChI=1S/C28H29N3O5.ClH/c1-34-28(13-10-22-21-7-3-5-9-24(21)36-25(22)16-28)29-26(32)17-30-14-11-20(12-15-30)31-23-8-4-2-6-19(23)18-35-27(31)33;/h2-10,16,20H,11-15,17-18H2,1H3,(H,29,32);1H. The smallest absolute Gasteiger partial charge is 0.414 e. The number of nitrogens with one attached hydrogen (secondary N) is 1. The molecule has 3 aromatic rings. The monoisotopic (exact) mass is 523 g/mol. The van der Waals surface area contributed by atoms with Crippen molar-refractivity contribution < 1.29 is 23.5 Å². The highest BCUT2D eigenvalue weighted by atomic mass is 35.5. The van der Waals surface area contributed by atoms with Crippen LogP contribution in [-0.4, -0.2) is 55.4 Å². The Hall–Kier alpha value is -3.33. The van der Waals surface area contributed by atoms with Crippen molar-refractivity contribution in [1.82, 2.24) is 10.2 Å². The highest BCUT2D eigenvalue weighted by Crippen LogP contribution is 2.31. The van der Waals surface area contributed by atoms with Gasteiger partial charge in [-0.05, 0) is 25.0 Å². The van der Waals surface area contributed by atoms with Crippen molar-refractivity contribution in [2.24, 2.45) is 0 Å². The number of rotatable bonds is 5. The van der Waals surface area contributed by atoms with E-state index in [1.54, 1.807) is 12.0 Å². The van der Waals surface area contributed by atoms with Crippen molar-refractivity contribution in [1.29, 1.82) is 0 Å². The van der Waals surface area contributed by atoms with Gasteiger partial charge in [0.15, 0.2) is 5.72 Å². The molecule has 2 aromatic carbocycles. The van der Waals surface area contributed by atoms with Crippen LogP contribution in [0.5, 0.6) is 0 Å². The number of fused-ring (bicyclic) bond motifs is 4. The number of benzene rings is 2. The highest BCUT2D eigenvalue weighted by molar-refractivity contribution is 5.91. The molecule has 6 rings (SSSR count). The molecule has 3 aliphatic rings. The zero-order chi connectivity index (χ0) is 24.7. The number of nitrogens with zero attached hydrogens (tertiary/aromatic N) is 2. The summed E-state index contributed by atoms with van der Waals surface area (Å²) in [5.41, 5.74) is 2.53. The number of amides is 2. The molecule has 0 spiro atoms. The molecular weight excluding hydrogens is 494 g/mol. The zero-order valence-corrected chi connectivity index (χ0v) is 21.5. The average Bonchev–Trinajstić information content (AvgIpc) is 3.26. The van der Waals surface area contributed by atoms with Crippen LogP contribution in [0.2, 0.25) is 0 Å². The largest absolute Gasteiger partial charge is 0.456 e. The average molecular weight is 524 g/mol. The van der Waals surface area contributed by atoms with Crippen LogP contribution in [0.15, 0.2) is 52.9 Å². The fraction of sp³-hybridized carbons (Fsp3) is 0.357. The van der Waals surface area contributed by atoms with Gasteiger partial charge >= 0.3 is 6.09 Å². The Morgan fingerprint density at radius 1 is 1.14 bits per heavy atom. The van der Waals surface area contributed by atoms with E-state index in [1.807, 2.05) is 54.6 Å². The molecule has 1 atom stereocenters. The molecule has 1 N–H and O–H groups in total. The summed E-state index contributed by atoms with van der Waals surface area (Å²) in [7, 11) is 1.60. The highest BCUT2D eigenvalue weighted by Gasteiger charge is 2.35. The summed E-state index contributed by atoms with van der Waals surface area (Å²) in [6.07, 6.45) is 5.70. The number of halogens is 1. The second-order valence-corrected chi connectivity index (χ2v) is 9.63. The summed E-state index contributed by atoms with van der Waals surface area (Å²) in [5.74, 6) is -0.109. The number of cyclic esters (lactones) is 1. The summed E-state index contributed by atoms with van der Waals surface area (Å²) in [4.78, 5) is 29.5. The molecule has 0 saturated carbocycles. The second kappa shape index (κ2) is 10.2. The maximum Gasteiger partial charge on any atom is 0.414 e. The Bertz CT molecular complexity index is 1450. The van der Waals surface area contributed by atoms with Crippen molar-refractivity contribution in [2.45, 2.75) is 37.6 Å². The van der Waals surface area contributed by atoms with E-state index < -0.39 is 5.72 Å². The summed E-state index contributed by atoms with van der Waals surface area (Å²) < 4.78 is 17.2. The molecule has 0 radical (unpaired) electrons. The molecular formula is C28H30ClN3O5. The molecule has 3 heterocycles. The van der Waals surface area contributed by atoms with Crippen LogP contribution in [0.1, 0.15) is 24.8 Å². The van der Waals surface area contributed by atoms with E-state index in [0.29, 0.717) is 31.5 Å². The van der Waals surface area contributed by atoms with Gasteiger partial charge in [-0.3, -0.25) is 14.6 Å². The molecule has 9 heteroatoms. The Morgan fingerprint density at radius 3 is 2.70 bits per heavy atom. The molecule has 194 valence electrons. The van der Waals surface area contributed by atoms with Crippen molar-refractivity contribution in [3.63, 3.8) is 0 Å². The lowest BCUT2D eigenvalue weighted by Crippen LogP contribution is -2.55. The van der Waals surface area contributed by atoms with Crippen molar-refractivity contribution >= 4 is 53.2 Å². The molecule has 1 fully saturated rings. The Balaban J connectivity index is 0.00000280. The number of hydrogen-bond acceptors (Lipinski definition) is 6. The number of anilines is 1. The van der Waals surface area contributed by atoms with Gasteiger partial charge in [0.05, 0.1) is 12.2 Å². The zero-order valence-electron chi connectivity index (χ0n) is 20.6. The quantitative estimate of drug-likeness (QED) is 0.518. The first-order valence-corrected chi connectivity index (χ1v) is 12.4. The van der Waals surface area contributed by atoms with Gasteiger partial charge in [-0.15, -0.1) is 12.4 Å². The van der Waals surface area contributed by atoms with Gasteiger partial charge in [0.2, 0.25) is 5.91 Å². The Morgan fingerprint density at radius 2 is 1.89 bits per heavy atom. The number of piperidine rings is 1. The van der Waals surface area contributed by atoms with Crippen LogP contribution in [0.4, 0.5) is 10.5 Å². The van der Waals surface area contributed by atoms with E-state index >= 15 is 0 Å². The van der Waals surface area contributed by atoms with Crippen LogP contribution in [-0.2, 0) is 20.9 Å². The van der Waals surface area contributed by atoms with Crippen molar-refractivity contribution in [3.8, 4) is 0 Å². The van der Waals surface area contributed by atoms with E-state index in [-0.39, 0.29) is 37.0 Å². The lowest BCUT2D eigenvalue weighted by Gasteiger charge is -2.40. The Kier molecular flexibility index (Phi) is 6.98. The lowest BCUT2D eigenvalue weighted by molar-refractivity contribution is -0.128. The van der Waals surface area contributed by atoms with E-state index in [0.717, 1.165) is 40.3 Å². The fourth-order valence-electron chi connectivity index (χ4n) is 5.54. The molecule has 2 aliphatic heterocycles. The maximum absolute atomic E-state index is 13.0. The van der Waals surface area contributed by atoms with Crippen molar-refractivity contribution in [3.05, 3.63) is 64.7 Å². The molecule has 1 aliphatic carbocycles.